The van der Waals surface area contributed by atoms with Gasteiger partial charge in [-0.05, 0) is 42.0 Å². The van der Waals surface area contributed by atoms with E-state index in [2.05, 4.69) is 31.3 Å². The van der Waals surface area contributed by atoms with Crippen molar-refractivity contribution < 1.29 is 4.79 Å². The first-order valence-corrected chi connectivity index (χ1v) is 9.37. The van der Waals surface area contributed by atoms with Gasteiger partial charge in [-0.3, -0.25) is 4.79 Å². The van der Waals surface area contributed by atoms with Crippen molar-refractivity contribution >= 4 is 11.7 Å². The zero-order valence-electron chi connectivity index (χ0n) is 15.3. The number of carbonyl (C=O) groups excluding carboxylic acids is 1. The van der Waals surface area contributed by atoms with Crippen LogP contribution in [0.15, 0.2) is 47.3 Å². The van der Waals surface area contributed by atoms with Crippen LogP contribution in [0, 0.1) is 5.92 Å². The molecular weight excluding hydrogens is 326 g/mol. The van der Waals surface area contributed by atoms with Gasteiger partial charge in [-0.25, -0.2) is 4.79 Å². The molecular formula is C21H25N3O2. The maximum atomic E-state index is 12.7. The molecule has 0 spiro atoms. The second kappa shape index (κ2) is 6.63. The maximum absolute atomic E-state index is 12.7. The first kappa shape index (κ1) is 16.9. The lowest BCUT2D eigenvalue weighted by Crippen LogP contribution is -2.50. The smallest absolute Gasteiger partial charge is 0.321 e. The molecule has 2 aliphatic heterocycles. The van der Waals surface area contributed by atoms with Crippen LogP contribution in [-0.4, -0.2) is 28.6 Å². The third-order valence-corrected chi connectivity index (χ3v) is 5.60. The van der Waals surface area contributed by atoms with Crippen molar-refractivity contribution in [3.05, 3.63) is 64.1 Å². The molecule has 3 heterocycles. The van der Waals surface area contributed by atoms with Crippen molar-refractivity contribution in [2.45, 2.75) is 38.6 Å². The molecule has 2 bridgehead atoms. The zero-order chi connectivity index (χ0) is 18.3. The number of hydrogen-bond acceptors (Lipinski definition) is 2. The molecule has 1 saturated heterocycles. The van der Waals surface area contributed by atoms with Crippen molar-refractivity contribution in [3.63, 3.8) is 0 Å². The monoisotopic (exact) mass is 351 g/mol. The molecule has 4 rings (SSSR count). The van der Waals surface area contributed by atoms with E-state index in [1.165, 1.54) is 5.56 Å². The van der Waals surface area contributed by atoms with Gasteiger partial charge in [0.15, 0.2) is 0 Å². The average Bonchev–Trinajstić information content (AvgIpc) is 2.63. The fourth-order valence-electron chi connectivity index (χ4n) is 4.22. The normalized spacial score (nSPS) is 21.4. The number of anilines is 1. The third-order valence-electron chi connectivity index (χ3n) is 5.60. The van der Waals surface area contributed by atoms with E-state index in [-0.39, 0.29) is 17.5 Å². The number of pyridine rings is 1. The molecule has 136 valence electrons. The predicted molar refractivity (Wildman–Crippen MR) is 103 cm³/mol. The number of benzene rings is 1. The number of amides is 2. The van der Waals surface area contributed by atoms with E-state index < -0.39 is 0 Å². The fourth-order valence-corrected chi connectivity index (χ4v) is 4.22. The number of piperidine rings is 1. The van der Waals surface area contributed by atoms with Crippen LogP contribution in [0.25, 0.3) is 0 Å². The molecule has 0 saturated carbocycles. The van der Waals surface area contributed by atoms with Crippen molar-refractivity contribution in [1.82, 2.24) is 9.47 Å². The van der Waals surface area contributed by atoms with Gasteiger partial charge in [0.05, 0.1) is 0 Å². The highest BCUT2D eigenvalue weighted by molar-refractivity contribution is 5.89. The Morgan fingerprint density at radius 1 is 1.08 bits per heavy atom. The first-order valence-electron chi connectivity index (χ1n) is 9.37. The summed E-state index contributed by atoms with van der Waals surface area (Å²) in [7, 11) is 0. The molecule has 5 heteroatoms. The lowest BCUT2D eigenvalue weighted by molar-refractivity contribution is 0.139. The molecule has 2 atom stereocenters. The minimum atomic E-state index is -0.0521. The lowest BCUT2D eigenvalue weighted by Gasteiger charge is -2.42. The van der Waals surface area contributed by atoms with Crippen molar-refractivity contribution in [3.8, 4) is 0 Å². The fraction of sp³-hybridized carbons (Fsp3) is 0.429. The zero-order valence-corrected chi connectivity index (χ0v) is 15.3. The Hall–Kier alpha value is -2.56. The maximum Gasteiger partial charge on any atom is 0.321 e. The molecule has 0 radical (unpaired) electrons. The van der Waals surface area contributed by atoms with Gasteiger partial charge in [0.25, 0.3) is 5.56 Å². The number of nitrogens with one attached hydrogen (secondary N) is 1. The highest BCUT2D eigenvalue weighted by Crippen LogP contribution is 2.35. The standard InChI is InChI=1S/C21H25N3O2/c1-14(2)16-6-8-18(9-7-16)22-21(26)23-11-15-10-17(13-23)19-4-3-5-20(25)24(19)12-15/h3-9,14-15,17H,10-13H2,1-2H3,(H,22,26)/t15-,17+/m1/s1. The summed E-state index contributed by atoms with van der Waals surface area (Å²) in [6.07, 6.45) is 1.05. The number of fused-ring (bicyclic) bond motifs is 4. The summed E-state index contributed by atoms with van der Waals surface area (Å²) in [5, 5.41) is 3.02. The summed E-state index contributed by atoms with van der Waals surface area (Å²) < 4.78 is 1.89. The summed E-state index contributed by atoms with van der Waals surface area (Å²) in [5.74, 6) is 1.06. The Morgan fingerprint density at radius 3 is 2.58 bits per heavy atom. The van der Waals surface area contributed by atoms with Crippen LogP contribution in [-0.2, 0) is 6.54 Å². The molecule has 0 aliphatic carbocycles. The van der Waals surface area contributed by atoms with Crippen molar-refractivity contribution in [1.29, 1.82) is 0 Å². The van der Waals surface area contributed by atoms with E-state index in [0.29, 0.717) is 31.5 Å². The summed E-state index contributed by atoms with van der Waals surface area (Å²) >= 11 is 0. The van der Waals surface area contributed by atoms with E-state index in [0.717, 1.165) is 17.8 Å². The Labute approximate surface area is 153 Å². The van der Waals surface area contributed by atoms with Gasteiger partial charge in [-0.15, -0.1) is 0 Å². The van der Waals surface area contributed by atoms with Gasteiger partial charge in [0.1, 0.15) is 0 Å². The van der Waals surface area contributed by atoms with E-state index in [4.69, 9.17) is 0 Å². The largest absolute Gasteiger partial charge is 0.324 e. The Kier molecular flexibility index (Phi) is 4.31. The number of hydrogen-bond donors (Lipinski definition) is 1. The summed E-state index contributed by atoms with van der Waals surface area (Å²) in [6.45, 7) is 6.38. The van der Waals surface area contributed by atoms with Gasteiger partial charge in [0.2, 0.25) is 0 Å². The van der Waals surface area contributed by atoms with E-state index in [1.54, 1.807) is 6.07 Å². The molecule has 26 heavy (non-hydrogen) atoms. The summed E-state index contributed by atoms with van der Waals surface area (Å²) in [4.78, 5) is 26.7. The van der Waals surface area contributed by atoms with Crippen LogP contribution < -0.4 is 10.9 Å². The van der Waals surface area contributed by atoms with Crippen molar-refractivity contribution in [2.75, 3.05) is 18.4 Å². The number of urea groups is 1. The van der Waals surface area contributed by atoms with Gasteiger partial charge in [-0.2, -0.15) is 0 Å². The average molecular weight is 351 g/mol. The first-order chi connectivity index (χ1) is 12.5. The number of likely N-dealkylation sites (tertiary alicyclic amines) is 1. The molecule has 2 aliphatic rings. The Balaban J connectivity index is 1.48. The molecule has 2 aromatic rings. The van der Waals surface area contributed by atoms with Crippen LogP contribution in [0.3, 0.4) is 0 Å². The van der Waals surface area contributed by atoms with Gasteiger partial charge in [-0.1, -0.05) is 32.0 Å². The number of rotatable bonds is 2. The van der Waals surface area contributed by atoms with E-state index in [9.17, 15) is 9.59 Å². The molecule has 0 unspecified atom stereocenters. The molecule has 2 amide bonds. The van der Waals surface area contributed by atoms with Crippen LogP contribution in [0.5, 0.6) is 0 Å². The topological polar surface area (TPSA) is 54.3 Å². The summed E-state index contributed by atoms with van der Waals surface area (Å²) in [5.41, 5.74) is 3.22. The lowest BCUT2D eigenvalue weighted by atomic mass is 9.83. The van der Waals surface area contributed by atoms with E-state index in [1.807, 2.05) is 33.7 Å². The summed E-state index contributed by atoms with van der Waals surface area (Å²) in [6, 6.07) is 13.5. The number of aromatic nitrogens is 1. The van der Waals surface area contributed by atoms with Gasteiger partial charge >= 0.3 is 6.03 Å². The molecule has 1 aromatic carbocycles. The van der Waals surface area contributed by atoms with E-state index >= 15 is 0 Å². The number of nitrogens with zero attached hydrogens (tertiary/aromatic N) is 2. The van der Waals surface area contributed by atoms with Crippen molar-refractivity contribution in [2.24, 2.45) is 5.92 Å². The quantitative estimate of drug-likeness (QED) is 0.898. The van der Waals surface area contributed by atoms with Crippen LogP contribution in [0.1, 0.15) is 43.4 Å². The minimum absolute atomic E-state index is 0.0521. The van der Waals surface area contributed by atoms with Gasteiger partial charge < -0.3 is 14.8 Å². The molecule has 1 N–H and O–H groups in total. The Morgan fingerprint density at radius 2 is 1.85 bits per heavy atom. The van der Waals surface area contributed by atoms with Gasteiger partial charge in [0, 0.05) is 43.0 Å². The highest BCUT2D eigenvalue weighted by atomic mass is 16.2. The molecule has 1 fully saturated rings. The second-order valence-electron chi connectivity index (χ2n) is 7.81. The third kappa shape index (κ3) is 3.14. The molecule has 5 nitrogen and oxygen atoms in total. The van der Waals surface area contributed by atoms with Crippen LogP contribution >= 0.6 is 0 Å². The second-order valence-corrected chi connectivity index (χ2v) is 7.81. The minimum Gasteiger partial charge on any atom is -0.324 e. The Bertz CT molecular complexity index is 870. The number of carbonyl (C=O) groups is 1. The highest BCUT2D eigenvalue weighted by Gasteiger charge is 2.36. The van der Waals surface area contributed by atoms with Crippen LogP contribution in [0.2, 0.25) is 0 Å². The van der Waals surface area contributed by atoms with Crippen LogP contribution in [0.4, 0.5) is 10.5 Å². The predicted octanol–water partition coefficient (Wildman–Crippen LogP) is 3.62. The SMILES string of the molecule is CC(C)c1ccc(NC(=O)N2C[C@H]3C[C@@H](C2)c2cccc(=O)n2C3)cc1. The molecule has 1 aromatic heterocycles.